The van der Waals surface area contributed by atoms with Crippen LogP contribution < -0.4 is 0 Å². The Morgan fingerprint density at radius 3 is 2.29 bits per heavy atom. The summed E-state index contributed by atoms with van der Waals surface area (Å²) in [5, 5.41) is 0.318. The summed E-state index contributed by atoms with van der Waals surface area (Å²) in [5.74, 6) is 0. The van der Waals surface area contributed by atoms with E-state index in [-0.39, 0.29) is 4.91 Å². The summed E-state index contributed by atoms with van der Waals surface area (Å²) in [6.07, 6.45) is 7.55. The molecule has 0 aliphatic carbocycles. The number of nitrogens with zero attached hydrogens (tertiary/aromatic N) is 1. The predicted octanol–water partition coefficient (Wildman–Crippen LogP) is 3.01. The van der Waals surface area contributed by atoms with Crippen LogP contribution in [0.3, 0.4) is 0 Å². The van der Waals surface area contributed by atoms with Gasteiger partial charge < -0.3 is 0 Å². The van der Waals surface area contributed by atoms with Gasteiger partial charge in [-0.2, -0.15) is 4.31 Å². The molecule has 0 radical (unpaired) electrons. The summed E-state index contributed by atoms with van der Waals surface area (Å²) < 4.78 is 26.1. The normalized spacial score (nSPS) is 19.8. The maximum Gasteiger partial charge on any atom is 0.242 e. The van der Waals surface area contributed by atoms with Gasteiger partial charge in [0.05, 0.1) is 4.91 Å². The number of halogens is 1. The lowest BCUT2D eigenvalue weighted by molar-refractivity contribution is 0.350. The van der Waals surface area contributed by atoms with Gasteiger partial charge in [0.2, 0.25) is 10.0 Å². The third kappa shape index (κ3) is 3.98. The Labute approximate surface area is 109 Å². The standard InChI is InChI=1S/C12H18ClNO2S/c1-3-12(8-7-11(2)13)17(15,16)14-9-5-4-6-10-14/h3,7-8H,2,4-6,9-10H2,1H3/b8-7-,12-3+. The molecule has 0 amide bonds. The minimum Gasteiger partial charge on any atom is -0.207 e. The highest BCUT2D eigenvalue weighted by molar-refractivity contribution is 7.93. The molecule has 3 nitrogen and oxygen atoms in total. The van der Waals surface area contributed by atoms with Crippen LogP contribution in [0.2, 0.25) is 0 Å². The molecular formula is C12H18ClNO2S. The highest BCUT2D eigenvalue weighted by Crippen LogP contribution is 2.20. The average molecular weight is 276 g/mol. The number of hydrogen-bond acceptors (Lipinski definition) is 2. The van der Waals surface area contributed by atoms with E-state index in [0.717, 1.165) is 19.3 Å². The fourth-order valence-corrected chi connectivity index (χ4v) is 3.40. The zero-order chi connectivity index (χ0) is 12.9. The molecular weight excluding hydrogens is 258 g/mol. The molecule has 1 aliphatic heterocycles. The van der Waals surface area contributed by atoms with Gasteiger partial charge in [-0.3, -0.25) is 0 Å². The van der Waals surface area contributed by atoms with Gasteiger partial charge in [0, 0.05) is 18.1 Å². The topological polar surface area (TPSA) is 37.4 Å². The molecule has 1 saturated heterocycles. The van der Waals surface area contributed by atoms with Crippen LogP contribution in [0.4, 0.5) is 0 Å². The molecule has 96 valence electrons. The van der Waals surface area contributed by atoms with Crippen molar-refractivity contribution in [1.82, 2.24) is 4.31 Å². The van der Waals surface area contributed by atoms with E-state index in [4.69, 9.17) is 11.6 Å². The van der Waals surface area contributed by atoms with Gasteiger partial charge in [0.15, 0.2) is 0 Å². The summed E-state index contributed by atoms with van der Waals surface area (Å²) in [6.45, 7) is 6.42. The molecule has 0 atom stereocenters. The summed E-state index contributed by atoms with van der Waals surface area (Å²) in [6, 6.07) is 0. The SMILES string of the molecule is C=C(Cl)/C=C\C(=C/C)S(=O)(=O)N1CCCCC1. The Bertz CT molecular complexity index is 431. The first kappa shape index (κ1) is 14.5. The molecule has 0 saturated carbocycles. The van der Waals surface area contributed by atoms with Gasteiger partial charge in [-0.15, -0.1) is 0 Å². The van der Waals surface area contributed by atoms with Crippen molar-refractivity contribution < 1.29 is 8.42 Å². The maximum absolute atomic E-state index is 12.3. The Morgan fingerprint density at radius 2 is 1.82 bits per heavy atom. The lowest BCUT2D eigenvalue weighted by Gasteiger charge is -2.26. The van der Waals surface area contributed by atoms with E-state index in [0.29, 0.717) is 18.1 Å². The van der Waals surface area contributed by atoms with Crippen molar-refractivity contribution in [2.75, 3.05) is 13.1 Å². The predicted molar refractivity (Wildman–Crippen MR) is 72.2 cm³/mol. The second-order valence-corrected chi connectivity index (χ2v) is 6.36. The van der Waals surface area contributed by atoms with Gasteiger partial charge in [-0.1, -0.05) is 30.7 Å². The first-order valence-electron chi connectivity index (χ1n) is 5.67. The Hall–Kier alpha value is -0.580. The van der Waals surface area contributed by atoms with Crippen molar-refractivity contribution in [3.8, 4) is 0 Å². The van der Waals surface area contributed by atoms with Crippen LogP contribution in [-0.4, -0.2) is 25.8 Å². The molecule has 0 spiro atoms. The lowest BCUT2D eigenvalue weighted by atomic mass is 10.2. The fraction of sp³-hybridized carbons (Fsp3) is 0.500. The van der Waals surface area contributed by atoms with Crippen LogP contribution in [-0.2, 0) is 10.0 Å². The molecule has 0 aromatic rings. The molecule has 17 heavy (non-hydrogen) atoms. The van der Waals surface area contributed by atoms with Crippen molar-refractivity contribution in [3.63, 3.8) is 0 Å². The Morgan fingerprint density at radius 1 is 1.24 bits per heavy atom. The van der Waals surface area contributed by atoms with Crippen molar-refractivity contribution in [3.05, 3.63) is 34.7 Å². The Kier molecular flexibility index (Phi) is 5.43. The Balaban J connectivity index is 2.90. The minimum absolute atomic E-state index is 0.279. The largest absolute Gasteiger partial charge is 0.242 e. The maximum atomic E-state index is 12.3. The first-order valence-corrected chi connectivity index (χ1v) is 7.49. The van der Waals surface area contributed by atoms with E-state index in [1.165, 1.54) is 16.5 Å². The smallest absolute Gasteiger partial charge is 0.207 e. The van der Waals surface area contributed by atoms with E-state index < -0.39 is 10.0 Å². The summed E-state index contributed by atoms with van der Waals surface area (Å²) in [5.41, 5.74) is 0. The quantitative estimate of drug-likeness (QED) is 0.740. The van der Waals surface area contributed by atoms with Crippen molar-refractivity contribution in [1.29, 1.82) is 0 Å². The van der Waals surface area contributed by atoms with Crippen LogP contribution in [0, 0.1) is 0 Å². The average Bonchev–Trinajstić information content (AvgIpc) is 2.30. The number of hydrogen-bond donors (Lipinski definition) is 0. The van der Waals surface area contributed by atoms with Crippen LogP contribution in [0.5, 0.6) is 0 Å². The van der Waals surface area contributed by atoms with E-state index in [1.54, 1.807) is 13.0 Å². The van der Waals surface area contributed by atoms with Gasteiger partial charge >= 0.3 is 0 Å². The minimum atomic E-state index is -3.36. The van der Waals surface area contributed by atoms with Gasteiger partial charge in [0.25, 0.3) is 0 Å². The highest BCUT2D eigenvalue weighted by Gasteiger charge is 2.25. The summed E-state index contributed by atoms with van der Waals surface area (Å²) >= 11 is 5.60. The van der Waals surface area contributed by atoms with Crippen LogP contribution in [0.15, 0.2) is 34.7 Å². The zero-order valence-corrected chi connectivity index (χ0v) is 11.6. The molecule has 1 heterocycles. The van der Waals surface area contributed by atoms with Crippen LogP contribution in [0.25, 0.3) is 0 Å². The van der Waals surface area contributed by atoms with Crippen molar-refractivity contribution in [2.24, 2.45) is 0 Å². The number of sulfonamides is 1. The molecule has 0 bridgehead atoms. The molecule has 1 fully saturated rings. The molecule has 0 aromatic carbocycles. The molecule has 5 heteroatoms. The van der Waals surface area contributed by atoms with Crippen molar-refractivity contribution >= 4 is 21.6 Å². The molecule has 0 unspecified atom stereocenters. The molecule has 0 aromatic heterocycles. The second kappa shape index (κ2) is 6.38. The van der Waals surface area contributed by atoms with Gasteiger partial charge in [-0.05, 0) is 31.9 Å². The number of rotatable bonds is 4. The monoisotopic (exact) mass is 275 g/mol. The van der Waals surface area contributed by atoms with Crippen molar-refractivity contribution in [2.45, 2.75) is 26.2 Å². The third-order valence-corrected chi connectivity index (χ3v) is 4.80. The van der Waals surface area contributed by atoms with Crippen LogP contribution >= 0.6 is 11.6 Å². The van der Waals surface area contributed by atoms with E-state index in [1.807, 2.05) is 0 Å². The molecule has 1 rings (SSSR count). The lowest BCUT2D eigenvalue weighted by Crippen LogP contribution is -2.36. The third-order valence-electron chi connectivity index (χ3n) is 2.67. The summed E-state index contributed by atoms with van der Waals surface area (Å²) in [7, 11) is -3.36. The molecule has 1 aliphatic rings. The number of allylic oxidation sites excluding steroid dienone is 4. The molecule has 0 N–H and O–H groups in total. The number of piperidine rings is 1. The van der Waals surface area contributed by atoms with E-state index in [9.17, 15) is 8.42 Å². The van der Waals surface area contributed by atoms with Crippen LogP contribution in [0.1, 0.15) is 26.2 Å². The van der Waals surface area contributed by atoms with E-state index in [2.05, 4.69) is 6.58 Å². The highest BCUT2D eigenvalue weighted by atomic mass is 35.5. The van der Waals surface area contributed by atoms with Gasteiger partial charge in [0.1, 0.15) is 0 Å². The van der Waals surface area contributed by atoms with Gasteiger partial charge in [-0.25, -0.2) is 8.42 Å². The zero-order valence-electron chi connectivity index (χ0n) is 10.0. The first-order chi connectivity index (χ1) is 7.98. The summed E-state index contributed by atoms with van der Waals surface area (Å²) in [4.78, 5) is 0.279. The fourth-order valence-electron chi connectivity index (χ4n) is 1.76. The van der Waals surface area contributed by atoms with E-state index >= 15 is 0 Å². The second-order valence-electron chi connectivity index (χ2n) is 3.94.